The molecule has 0 bridgehead atoms. The Labute approximate surface area is 180 Å². The minimum absolute atomic E-state index is 0.688. The van der Waals surface area contributed by atoms with Gasteiger partial charge in [0.2, 0.25) is 12.2 Å². The van der Waals surface area contributed by atoms with Crippen molar-refractivity contribution in [1.82, 2.24) is 0 Å². The predicted octanol–water partition coefficient (Wildman–Crippen LogP) is -3.06. The lowest BCUT2D eigenvalue weighted by molar-refractivity contribution is -0.343. The lowest BCUT2D eigenvalue weighted by Crippen LogP contribution is -2.66. The summed E-state index contributed by atoms with van der Waals surface area (Å²) in [6, 6.07) is -1.35. The maximum atomic E-state index is 10.5. The molecule has 0 aromatic rings. The van der Waals surface area contributed by atoms with Crippen molar-refractivity contribution in [3.8, 4) is 0 Å². The lowest BCUT2D eigenvalue weighted by Gasteiger charge is -2.46. The Bertz CT molecular complexity index is 566. The molecule has 9 N–H and O–H groups in total. The van der Waals surface area contributed by atoms with Crippen LogP contribution in [0, 0.1) is 5.41 Å². The largest absolute Gasteiger partial charge is 0.446 e. The molecule has 15 heteroatoms. The van der Waals surface area contributed by atoms with E-state index in [2.05, 4.69) is 0 Å². The fourth-order valence-electron chi connectivity index (χ4n) is 2.88. The fraction of sp³-hybridized carbons (Fsp3) is 0.929. The highest BCUT2D eigenvalue weighted by Crippen LogP contribution is 2.32. The zero-order valence-electron chi connectivity index (χ0n) is 14.7. The number of aliphatic hydroxyl groups excluding tert-OH is 6. The highest BCUT2D eigenvalue weighted by molar-refractivity contribution is 6.76. The molecule has 2 rings (SSSR count). The normalized spacial score (nSPS) is 43.8. The highest BCUT2D eigenvalue weighted by atomic mass is 35.6. The average Bonchev–Trinajstić information content (AvgIpc) is 2.66. The van der Waals surface area contributed by atoms with Crippen LogP contribution in [0.3, 0.4) is 0 Å². The van der Waals surface area contributed by atoms with Gasteiger partial charge < -0.3 is 55.3 Å². The van der Waals surface area contributed by atoms with Crippen LogP contribution in [0.4, 0.5) is 0 Å². The van der Waals surface area contributed by atoms with Crippen LogP contribution in [0.2, 0.25) is 0 Å². The van der Waals surface area contributed by atoms with E-state index in [9.17, 15) is 30.6 Å². The van der Waals surface area contributed by atoms with E-state index in [1.54, 1.807) is 0 Å². The zero-order chi connectivity index (χ0) is 22.1. The van der Waals surface area contributed by atoms with Crippen LogP contribution in [-0.2, 0) is 18.9 Å². The molecule has 2 aliphatic heterocycles. The predicted molar refractivity (Wildman–Crippen MR) is 97.5 cm³/mol. The van der Waals surface area contributed by atoms with E-state index in [0.717, 1.165) is 0 Å². The zero-order valence-corrected chi connectivity index (χ0v) is 17.0. The molecule has 170 valence electrons. The molecule has 29 heavy (non-hydrogen) atoms. The lowest BCUT2D eigenvalue weighted by atomic mass is 9.96. The van der Waals surface area contributed by atoms with Crippen molar-refractivity contribution in [2.24, 2.45) is 5.73 Å². The Hall–Kier alpha value is -0.0600. The number of hydrogen-bond donors (Lipinski definition) is 8. The molecule has 0 saturated carbocycles. The number of halogens is 3. The molecule has 12 nitrogen and oxygen atoms in total. The first-order chi connectivity index (χ1) is 13.4. The van der Waals surface area contributed by atoms with E-state index < -0.39 is 84.3 Å². The summed E-state index contributed by atoms with van der Waals surface area (Å²) in [5.41, 5.74) is 5.84. The number of alkyl halides is 3. The molecular formula is C14H23Cl3N2O10. The summed E-state index contributed by atoms with van der Waals surface area (Å²) >= 11 is 16.6. The van der Waals surface area contributed by atoms with Crippen LogP contribution in [-0.4, -0.2) is 115 Å². The summed E-state index contributed by atoms with van der Waals surface area (Å²) < 4.78 is 18.8. The Morgan fingerprint density at radius 1 is 0.897 bits per heavy atom. The maximum Gasteiger partial charge on any atom is 0.265 e. The van der Waals surface area contributed by atoms with Crippen molar-refractivity contribution in [2.75, 3.05) is 13.2 Å². The van der Waals surface area contributed by atoms with E-state index >= 15 is 0 Å². The third-order valence-electron chi connectivity index (χ3n) is 4.53. The topological polar surface area (TPSA) is 208 Å². The monoisotopic (exact) mass is 484 g/mol. The summed E-state index contributed by atoms with van der Waals surface area (Å²) in [5.74, 6) is -0.833. The molecule has 2 aliphatic rings. The summed E-state index contributed by atoms with van der Waals surface area (Å²) in [6.45, 7) is -1.40. The molecule has 0 aromatic heterocycles. The van der Waals surface area contributed by atoms with Crippen molar-refractivity contribution in [3.05, 3.63) is 0 Å². The van der Waals surface area contributed by atoms with Crippen molar-refractivity contribution >= 4 is 40.7 Å². The summed E-state index contributed by atoms with van der Waals surface area (Å²) in [6.07, 6.45) is -13.7. The maximum absolute atomic E-state index is 10.5. The minimum atomic E-state index is -2.22. The molecule has 0 spiro atoms. The Morgan fingerprint density at radius 3 is 1.97 bits per heavy atom. The summed E-state index contributed by atoms with van der Waals surface area (Å²) in [7, 11) is 0. The third kappa shape index (κ3) is 5.60. The molecule has 10 atom stereocenters. The van der Waals surface area contributed by atoms with Gasteiger partial charge >= 0.3 is 0 Å². The van der Waals surface area contributed by atoms with E-state index in [4.69, 9.17) is 64.9 Å². The number of hydrogen-bond acceptors (Lipinski definition) is 12. The number of nitrogens with one attached hydrogen (secondary N) is 1. The van der Waals surface area contributed by atoms with Crippen LogP contribution in [0.15, 0.2) is 0 Å². The molecule has 0 amide bonds. The molecular weight excluding hydrogens is 463 g/mol. The van der Waals surface area contributed by atoms with Gasteiger partial charge in [-0.2, -0.15) is 0 Å². The molecule has 0 aliphatic carbocycles. The van der Waals surface area contributed by atoms with Gasteiger partial charge in [-0.15, -0.1) is 0 Å². The van der Waals surface area contributed by atoms with Gasteiger partial charge in [-0.1, -0.05) is 34.8 Å². The van der Waals surface area contributed by atoms with Crippen molar-refractivity contribution in [1.29, 1.82) is 5.41 Å². The van der Waals surface area contributed by atoms with Gasteiger partial charge in [0.25, 0.3) is 3.79 Å². The van der Waals surface area contributed by atoms with Crippen LogP contribution < -0.4 is 5.73 Å². The van der Waals surface area contributed by atoms with E-state index in [0.29, 0.717) is 0 Å². The minimum Gasteiger partial charge on any atom is -0.446 e. The highest BCUT2D eigenvalue weighted by Gasteiger charge is 2.51. The summed E-state index contributed by atoms with van der Waals surface area (Å²) in [5, 5.41) is 66.6. The van der Waals surface area contributed by atoms with Crippen LogP contribution in [0.5, 0.6) is 0 Å². The first-order valence-corrected chi connectivity index (χ1v) is 9.54. The summed E-state index contributed by atoms with van der Waals surface area (Å²) in [4.78, 5) is 0. The van der Waals surface area contributed by atoms with Crippen LogP contribution >= 0.6 is 34.8 Å². The quantitative estimate of drug-likeness (QED) is 0.111. The van der Waals surface area contributed by atoms with Gasteiger partial charge in [-0.25, -0.2) is 0 Å². The van der Waals surface area contributed by atoms with E-state index in [1.165, 1.54) is 0 Å². The SMILES string of the molecule is N=C(OC1O[C@H](CO)[C@@H](O[C@@H]2O[C@H](CO)[C@H](O)[C@H](O)[C@H]2O)[C@H](O)[C@H]1N)C(Cl)(Cl)Cl. The fourth-order valence-corrected chi connectivity index (χ4v) is 3.01. The second kappa shape index (κ2) is 10.0. The van der Waals surface area contributed by atoms with E-state index in [-0.39, 0.29) is 0 Å². The molecule has 0 radical (unpaired) electrons. The number of rotatable bonds is 5. The van der Waals surface area contributed by atoms with Gasteiger partial charge in [0, 0.05) is 0 Å². The third-order valence-corrected chi connectivity index (χ3v) is 5.05. The smallest absolute Gasteiger partial charge is 0.265 e. The Morgan fingerprint density at radius 2 is 1.45 bits per heavy atom. The van der Waals surface area contributed by atoms with Gasteiger partial charge in [0.15, 0.2) is 6.29 Å². The number of nitrogens with two attached hydrogens (primary N) is 1. The van der Waals surface area contributed by atoms with Crippen LogP contribution in [0.1, 0.15) is 0 Å². The number of ether oxygens (including phenoxy) is 4. The van der Waals surface area contributed by atoms with Gasteiger partial charge in [0.05, 0.1) is 19.3 Å². The standard InChI is InChI=1S/C14H23Cl3N2O10/c15-14(16,17)13(19)29-11-5(18)7(23)10(4(2-21)27-11)28-12-9(25)8(24)6(22)3(1-20)26-12/h3-12,19-25H,1-2,18H2/t3-,4-,5-,6+,7-,8+,9-,10-,11?,12+/m1/s1. The molecule has 2 saturated heterocycles. The van der Waals surface area contributed by atoms with Crippen molar-refractivity contribution in [2.45, 2.75) is 65.1 Å². The second-order valence-electron chi connectivity index (χ2n) is 6.54. The van der Waals surface area contributed by atoms with Gasteiger partial charge in [-0.3, -0.25) is 5.41 Å². The molecule has 2 heterocycles. The average molecular weight is 486 g/mol. The van der Waals surface area contributed by atoms with Gasteiger partial charge in [-0.05, 0) is 0 Å². The van der Waals surface area contributed by atoms with Crippen molar-refractivity contribution < 1.29 is 49.6 Å². The molecule has 2 fully saturated rings. The Kier molecular flexibility index (Phi) is 8.73. The number of aliphatic hydroxyl groups is 6. The second-order valence-corrected chi connectivity index (χ2v) is 8.82. The van der Waals surface area contributed by atoms with E-state index in [1.807, 2.05) is 0 Å². The molecule has 0 aromatic carbocycles. The van der Waals surface area contributed by atoms with Crippen LogP contribution in [0.25, 0.3) is 0 Å². The Balaban J connectivity index is 2.12. The first-order valence-electron chi connectivity index (χ1n) is 8.40. The van der Waals surface area contributed by atoms with Crippen molar-refractivity contribution in [3.63, 3.8) is 0 Å². The molecule has 1 unspecified atom stereocenters. The first kappa shape index (κ1) is 25.2. The van der Waals surface area contributed by atoms with Gasteiger partial charge in [0.1, 0.15) is 42.7 Å².